The zero-order chi connectivity index (χ0) is 17.7. The molecule has 1 aromatic heterocycles. The highest BCUT2D eigenvalue weighted by Crippen LogP contribution is 2.31. The summed E-state index contributed by atoms with van der Waals surface area (Å²) in [6.45, 7) is 9.30. The van der Waals surface area contributed by atoms with Crippen LogP contribution in [0.3, 0.4) is 0 Å². The first kappa shape index (κ1) is 16.0. The van der Waals surface area contributed by atoms with Crippen molar-refractivity contribution in [1.29, 1.82) is 0 Å². The predicted molar refractivity (Wildman–Crippen MR) is 108 cm³/mol. The molecule has 0 bridgehead atoms. The molecule has 0 atom stereocenters. The van der Waals surface area contributed by atoms with Crippen LogP contribution in [0, 0.1) is 6.92 Å². The number of aromatic nitrogens is 1. The van der Waals surface area contributed by atoms with Gasteiger partial charge >= 0.3 is 6.85 Å². The van der Waals surface area contributed by atoms with E-state index in [1.54, 1.807) is 0 Å². The maximum atomic E-state index is 2.48. The summed E-state index contributed by atoms with van der Waals surface area (Å²) in [4.78, 5) is 2.48. The molecule has 0 aliphatic carbocycles. The van der Waals surface area contributed by atoms with Gasteiger partial charge in [-0.1, -0.05) is 42.5 Å². The molecule has 0 saturated carbocycles. The monoisotopic (exact) mass is 327 g/mol. The lowest BCUT2D eigenvalue weighted by Gasteiger charge is -2.31. The Morgan fingerprint density at radius 3 is 2.40 bits per heavy atom. The molecule has 3 aromatic rings. The van der Waals surface area contributed by atoms with Gasteiger partial charge in [0.2, 0.25) is 0 Å². The Labute approximate surface area is 150 Å². The maximum absolute atomic E-state index is 2.48. The summed E-state index contributed by atoms with van der Waals surface area (Å²) in [7, 11) is 2.17. The zero-order valence-electron chi connectivity index (χ0n) is 15.7. The Hall–Kier alpha value is -2.55. The molecule has 1 aliphatic rings. The minimum atomic E-state index is 0.312. The largest absolute Gasteiger partial charge is 0.409 e. The van der Waals surface area contributed by atoms with Crippen LogP contribution in [-0.4, -0.2) is 6.85 Å². The molecule has 0 unspecified atom stereocenters. The van der Waals surface area contributed by atoms with Crippen molar-refractivity contribution in [3.63, 3.8) is 0 Å². The molecule has 2 aromatic carbocycles. The molecule has 0 saturated heterocycles. The number of hydrogen-bond donors (Lipinski definition) is 0. The lowest BCUT2D eigenvalue weighted by atomic mass is 9.52. The third-order valence-electron chi connectivity index (χ3n) is 5.73. The predicted octanol–water partition coefficient (Wildman–Crippen LogP) is 4.07. The van der Waals surface area contributed by atoms with Crippen LogP contribution in [0.1, 0.15) is 25.0 Å². The van der Waals surface area contributed by atoms with Gasteiger partial charge in [0.05, 0.1) is 12.7 Å². The van der Waals surface area contributed by atoms with Crippen molar-refractivity contribution in [2.75, 3.05) is 4.81 Å². The van der Waals surface area contributed by atoms with Crippen LogP contribution in [0.25, 0.3) is 16.5 Å². The standard InChI is InChI=1S/C22H24BN2/c1-15-14-22(24(5)21-13-9-7-10-18(15)21)25-17(3)16(2)19-11-6-8-12-20(19)23(25)4/h6-14H,1-5H3/q+1. The Morgan fingerprint density at radius 1 is 0.920 bits per heavy atom. The van der Waals surface area contributed by atoms with Gasteiger partial charge in [-0.25, -0.2) is 4.57 Å². The second-order valence-corrected chi connectivity index (χ2v) is 7.11. The van der Waals surface area contributed by atoms with E-state index in [0.717, 1.165) is 0 Å². The van der Waals surface area contributed by atoms with Crippen molar-refractivity contribution in [2.24, 2.45) is 7.05 Å². The molecular weight excluding hydrogens is 303 g/mol. The Morgan fingerprint density at radius 2 is 1.60 bits per heavy atom. The number of nitrogens with zero attached hydrogens (tertiary/aromatic N) is 2. The van der Waals surface area contributed by atoms with E-state index < -0.39 is 0 Å². The van der Waals surface area contributed by atoms with E-state index in [1.165, 1.54) is 44.6 Å². The van der Waals surface area contributed by atoms with Gasteiger partial charge in [0.1, 0.15) is 5.52 Å². The van der Waals surface area contributed by atoms with Crippen molar-refractivity contribution < 1.29 is 4.57 Å². The number of rotatable bonds is 1. The van der Waals surface area contributed by atoms with Crippen LogP contribution < -0.4 is 14.8 Å². The van der Waals surface area contributed by atoms with E-state index in [9.17, 15) is 0 Å². The Kier molecular flexibility index (Phi) is 3.68. The third-order valence-corrected chi connectivity index (χ3v) is 5.73. The van der Waals surface area contributed by atoms with Crippen LogP contribution >= 0.6 is 0 Å². The van der Waals surface area contributed by atoms with Crippen LogP contribution in [0.5, 0.6) is 0 Å². The number of para-hydroxylation sites is 1. The zero-order valence-corrected chi connectivity index (χ0v) is 15.7. The molecule has 1 aliphatic heterocycles. The van der Waals surface area contributed by atoms with Gasteiger partial charge in [-0.05, 0) is 55.8 Å². The van der Waals surface area contributed by atoms with Gasteiger partial charge in [-0.3, -0.25) is 4.81 Å². The summed E-state index contributed by atoms with van der Waals surface area (Å²) in [6.07, 6.45) is 0. The average molecular weight is 327 g/mol. The second kappa shape index (κ2) is 5.77. The molecule has 3 heteroatoms. The summed E-state index contributed by atoms with van der Waals surface area (Å²) >= 11 is 0. The maximum Gasteiger partial charge on any atom is 0.409 e. The van der Waals surface area contributed by atoms with Gasteiger partial charge in [0.25, 0.3) is 5.82 Å². The summed E-state index contributed by atoms with van der Waals surface area (Å²) in [5.74, 6) is 1.25. The first-order valence-corrected chi connectivity index (χ1v) is 8.95. The quantitative estimate of drug-likeness (QED) is 0.483. The summed E-state index contributed by atoms with van der Waals surface area (Å²) in [5.41, 5.74) is 8.06. The van der Waals surface area contributed by atoms with Crippen molar-refractivity contribution in [2.45, 2.75) is 27.6 Å². The molecule has 2 nitrogen and oxygen atoms in total. The van der Waals surface area contributed by atoms with E-state index >= 15 is 0 Å². The van der Waals surface area contributed by atoms with Gasteiger partial charge < -0.3 is 0 Å². The van der Waals surface area contributed by atoms with Crippen LogP contribution in [0.4, 0.5) is 5.82 Å². The van der Waals surface area contributed by atoms with Gasteiger partial charge in [-0.2, -0.15) is 0 Å². The molecule has 25 heavy (non-hydrogen) atoms. The SMILES string of the molecule is CB1c2ccccc2C(C)=C(C)N1c1cc(C)c2ccccc2[n+]1C. The van der Waals surface area contributed by atoms with E-state index in [0.29, 0.717) is 6.85 Å². The molecular formula is C22H24BN2+. The number of hydrogen-bond acceptors (Lipinski definition) is 1. The fourth-order valence-corrected chi connectivity index (χ4v) is 4.20. The van der Waals surface area contributed by atoms with Crippen molar-refractivity contribution in [3.05, 3.63) is 71.4 Å². The lowest BCUT2D eigenvalue weighted by molar-refractivity contribution is -0.631. The first-order chi connectivity index (χ1) is 12.0. The minimum absolute atomic E-state index is 0.312. The highest BCUT2D eigenvalue weighted by Gasteiger charge is 2.38. The highest BCUT2D eigenvalue weighted by molar-refractivity contribution is 6.77. The molecule has 0 amide bonds. The van der Waals surface area contributed by atoms with E-state index in [2.05, 4.69) is 98.6 Å². The first-order valence-electron chi connectivity index (χ1n) is 8.95. The number of allylic oxidation sites excluding steroid dienone is 2. The smallest absolute Gasteiger partial charge is 0.290 e. The van der Waals surface area contributed by atoms with Crippen molar-refractivity contribution in [1.82, 2.24) is 0 Å². The summed E-state index contributed by atoms with van der Waals surface area (Å²) in [6, 6.07) is 19.8. The topological polar surface area (TPSA) is 7.12 Å². The van der Waals surface area contributed by atoms with E-state index in [1.807, 2.05) is 0 Å². The number of benzene rings is 2. The third kappa shape index (κ3) is 2.30. The fourth-order valence-electron chi connectivity index (χ4n) is 4.20. The number of fused-ring (bicyclic) bond motifs is 2. The number of aryl methyl sites for hydroxylation is 2. The van der Waals surface area contributed by atoms with Gasteiger partial charge in [0.15, 0.2) is 0 Å². The van der Waals surface area contributed by atoms with Crippen molar-refractivity contribution >= 4 is 34.6 Å². The summed E-state index contributed by atoms with van der Waals surface area (Å²) in [5, 5.41) is 1.32. The van der Waals surface area contributed by atoms with E-state index in [4.69, 9.17) is 0 Å². The lowest BCUT2D eigenvalue weighted by Crippen LogP contribution is -2.53. The van der Waals surface area contributed by atoms with Crippen LogP contribution in [-0.2, 0) is 7.05 Å². The molecule has 0 spiro atoms. The molecule has 0 N–H and O–H groups in total. The molecule has 0 fully saturated rings. The van der Waals surface area contributed by atoms with Crippen LogP contribution in [0.15, 0.2) is 60.3 Å². The second-order valence-electron chi connectivity index (χ2n) is 7.11. The van der Waals surface area contributed by atoms with E-state index in [-0.39, 0.29) is 0 Å². The Bertz CT molecular complexity index is 1020. The number of pyridine rings is 1. The fraction of sp³-hybridized carbons (Fsp3) is 0.227. The molecule has 2 heterocycles. The van der Waals surface area contributed by atoms with Crippen LogP contribution in [0.2, 0.25) is 6.82 Å². The number of anilines is 1. The highest BCUT2D eigenvalue weighted by atomic mass is 15.2. The average Bonchev–Trinajstić information content (AvgIpc) is 2.64. The normalized spacial score (nSPS) is 14.3. The summed E-state index contributed by atoms with van der Waals surface area (Å²) < 4.78 is 2.32. The minimum Gasteiger partial charge on any atom is -0.290 e. The van der Waals surface area contributed by atoms with Gasteiger partial charge in [-0.15, -0.1) is 0 Å². The molecule has 0 radical (unpaired) electrons. The molecule has 124 valence electrons. The Balaban J connectivity index is 1.98. The van der Waals surface area contributed by atoms with Gasteiger partial charge in [0, 0.05) is 11.5 Å². The molecule has 4 rings (SSSR count). The van der Waals surface area contributed by atoms with Crippen molar-refractivity contribution in [3.8, 4) is 0 Å².